The van der Waals surface area contributed by atoms with Crippen LogP contribution in [0.2, 0.25) is 0 Å². The van der Waals surface area contributed by atoms with Crippen LogP contribution in [0.3, 0.4) is 0 Å². The van der Waals surface area contributed by atoms with Gasteiger partial charge in [-0.05, 0) is 29.2 Å². The molecule has 2 N–H and O–H groups in total. The van der Waals surface area contributed by atoms with Gasteiger partial charge in [0, 0.05) is 25.4 Å². The summed E-state index contributed by atoms with van der Waals surface area (Å²) >= 11 is 0. The first-order valence-electron chi connectivity index (χ1n) is 11.6. The Kier molecular flexibility index (Phi) is 6.60. The van der Waals surface area contributed by atoms with E-state index in [4.69, 9.17) is 0 Å². The number of hydrogen-bond donors (Lipinski definition) is 2. The highest BCUT2D eigenvalue weighted by atomic mass is 19.1. The molecule has 2 aromatic carbocycles. The van der Waals surface area contributed by atoms with Crippen LogP contribution in [0.4, 0.5) is 4.39 Å². The van der Waals surface area contributed by atoms with Gasteiger partial charge in [0.05, 0.1) is 18.1 Å². The molecule has 0 saturated carbocycles. The van der Waals surface area contributed by atoms with Gasteiger partial charge in [0.15, 0.2) is 5.69 Å². The number of carbonyl (C=O) groups excluding carboxylic acids is 3. The lowest BCUT2D eigenvalue weighted by molar-refractivity contribution is -0.126. The fraction of sp³-hybridized carbons (Fsp3) is 0.385. The molecule has 4 rings (SSSR count). The van der Waals surface area contributed by atoms with Crippen molar-refractivity contribution in [3.63, 3.8) is 0 Å². The van der Waals surface area contributed by atoms with E-state index in [0.717, 1.165) is 11.1 Å². The van der Waals surface area contributed by atoms with Gasteiger partial charge in [0.1, 0.15) is 11.9 Å². The third-order valence-electron chi connectivity index (χ3n) is 6.21. The Hall–Kier alpha value is -3.75. The number of amides is 3. The van der Waals surface area contributed by atoms with Gasteiger partial charge in [-0.3, -0.25) is 19.1 Å². The topological polar surface area (TPSA) is 96.3 Å². The maximum absolute atomic E-state index is 13.4. The second-order valence-electron chi connectivity index (χ2n) is 10.1. The van der Waals surface area contributed by atoms with Crippen molar-refractivity contribution in [1.82, 2.24) is 25.3 Å². The Morgan fingerprint density at radius 1 is 1.14 bits per heavy atom. The molecule has 1 aliphatic rings. The molecule has 2 heterocycles. The third kappa shape index (κ3) is 5.34. The lowest BCUT2D eigenvalue weighted by Crippen LogP contribution is -2.55. The summed E-state index contributed by atoms with van der Waals surface area (Å²) in [6.45, 7) is 6.41. The number of rotatable bonds is 6. The Bertz CT molecular complexity index is 1260. The molecule has 8 nitrogen and oxygen atoms in total. The van der Waals surface area contributed by atoms with Gasteiger partial charge in [0.2, 0.25) is 11.8 Å². The van der Waals surface area contributed by atoms with Crippen molar-refractivity contribution in [2.75, 3.05) is 13.6 Å². The van der Waals surface area contributed by atoms with Crippen LogP contribution in [-0.2, 0) is 16.1 Å². The molecule has 9 heteroatoms. The maximum atomic E-state index is 13.4. The Balaban J connectivity index is 1.57. The van der Waals surface area contributed by atoms with E-state index in [1.807, 2.05) is 45.0 Å². The molecular weight excluding hydrogens is 449 g/mol. The number of para-hydroxylation sites is 1. The molecule has 35 heavy (non-hydrogen) atoms. The Morgan fingerprint density at radius 2 is 1.83 bits per heavy atom. The zero-order chi connectivity index (χ0) is 25.3. The second kappa shape index (κ2) is 9.48. The molecule has 0 radical (unpaired) electrons. The summed E-state index contributed by atoms with van der Waals surface area (Å²) in [7, 11) is 1.70. The standard InChI is InChI=1S/C26H30FN5O3/c1-26(2,3)23(25(35)28-18-13-21(33)31(4)15-18)29-24(34)22-19-7-5-6-8-20(19)32(30-22)14-16-9-11-17(27)12-10-16/h5-12,18,23H,13-15H2,1-4H3,(H,28,35)(H,29,34)/t18?,23-/m1/s1. The number of hydrogen-bond acceptors (Lipinski definition) is 4. The highest BCUT2D eigenvalue weighted by molar-refractivity contribution is 6.06. The van der Waals surface area contributed by atoms with Gasteiger partial charge in [0.25, 0.3) is 5.91 Å². The molecule has 2 atom stereocenters. The molecule has 0 aliphatic carbocycles. The van der Waals surface area contributed by atoms with E-state index in [2.05, 4.69) is 15.7 Å². The summed E-state index contributed by atoms with van der Waals surface area (Å²) in [4.78, 5) is 40.0. The first-order chi connectivity index (χ1) is 16.5. The van der Waals surface area contributed by atoms with Crippen LogP contribution in [0.25, 0.3) is 10.9 Å². The number of nitrogens with one attached hydrogen (secondary N) is 2. The van der Waals surface area contributed by atoms with Crippen LogP contribution in [0.1, 0.15) is 43.2 Å². The van der Waals surface area contributed by atoms with Gasteiger partial charge >= 0.3 is 0 Å². The average molecular weight is 480 g/mol. The van der Waals surface area contributed by atoms with Crippen molar-refractivity contribution >= 4 is 28.6 Å². The highest BCUT2D eigenvalue weighted by Gasteiger charge is 2.37. The minimum absolute atomic E-state index is 0.0233. The van der Waals surface area contributed by atoms with Crippen LogP contribution in [0.15, 0.2) is 48.5 Å². The monoisotopic (exact) mass is 479 g/mol. The Labute approximate surface area is 203 Å². The largest absolute Gasteiger partial charge is 0.349 e. The smallest absolute Gasteiger partial charge is 0.273 e. The summed E-state index contributed by atoms with van der Waals surface area (Å²) < 4.78 is 15.0. The van der Waals surface area contributed by atoms with Crippen molar-refractivity contribution in [3.8, 4) is 0 Å². The number of halogens is 1. The predicted octanol–water partition coefficient (Wildman–Crippen LogP) is 2.72. The van der Waals surface area contributed by atoms with Gasteiger partial charge < -0.3 is 15.5 Å². The van der Waals surface area contributed by atoms with E-state index >= 15 is 0 Å². The molecule has 3 amide bonds. The van der Waals surface area contributed by atoms with Gasteiger partial charge in [-0.2, -0.15) is 5.10 Å². The number of carbonyl (C=O) groups is 3. The quantitative estimate of drug-likeness (QED) is 0.568. The number of likely N-dealkylation sites (tertiary alicyclic amines) is 1. The maximum Gasteiger partial charge on any atom is 0.273 e. The van der Waals surface area contributed by atoms with Gasteiger partial charge in [-0.15, -0.1) is 0 Å². The lowest BCUT2D eigenvalue weighted by Gasteiger charge is -2.31. The highest BCUT2D eigenvalue weighted by Crippen LogP contribution is 2.23. The van der Waals surface area contributed by atoms with Crippen molar-refractivity contribution in [1.29, 1.82) is 0 Å². The van der Waals surface area contributed by atoms with E-state index in [1.165, 1.54) is 12.1 Å². The van der Waals surface area contributed by atoms with E-state index < -0.39 is 17.4 Å². The first-order valence-corrected chi connectivity index (χ1v) is 11.6. The van der Waals surface area contributed by atoms with E-state index in [0.29, 0.717) is 18.5 Å². The molecule has 1 saturated heterocycles. The van der Waals surface area contributed by atoms with Crippen LogP contribution in [0.5, 0.6) is 0 Å². The minimum atomic E-state index is -0.836. The fourth-order valence-electron chi connectivity index (χ4n) is 4.30. The summed E-state index contributed by atoms with van der Waals surface area (Å²) in [6.07, 6.45) is 0.242. The minimum Gasteiger partial charge on any atom is -0.349 e. The molecular formula is C26H30FN5O3. The molecule has 3 aromatic rings. The molecule has 0 bridgehead atoms. The van der Waals surface area contributed by atoms with Crippen molar-refractivity contribution in [2.45, 2.75) is 45.8 Å². The number of aromatic nitrogens is 2. The molecule has 1 fully saturated rings. The zero-order valence-electron chi connectivity index (χ0n) is 20.3. The summed E-state index contributed by atoms with van der Waals surface area (Å²) in [5.41, 5.74) is 1.22. The molecule has 1 aliphatic heterocycles. The predicted molar refractivity (Wildman–Crippen MR) is 130 cm³/mol. The number of fused-ring (bicyclic) bond motifs is 1. The summed E-state index contributed by atoms with van der Waals surface area (Å²) in [5.74, 6) is -1.15. The summed E-state index contributed by atoms with van der Waals surface area (Å²) in [6, 6.07) is 12.4. The summed E-state index contributed by atoms with van der Waals surface area (Å²) in [5, 5.41) is 11.0. The van der Waals surface area contributed by atoms with E-state index in [-0.39, 0.29) is 35.8 Å². The number of benzene rings is 2. The molecule has 1 aromatic heterocycles. The number of likely N-dealkylation sites (N-methyl/N-ethyl adjacent to an activating group) is 1. The van der Waals surface area contributed by atoms with Crippen LogP contribution in [-0.4, -0.2) is 58.1 Å². The Morgan fingerprint density at radius 3 is 2.46 bits per heavy atom. The second-order valence-corrected chi connectivity index (χ2v) is 10.1. The number of nitrogens with zero attached hydrogens (tertiary/aromatic N) is 3. The van der Waals surface area contributed by atoms with E-state index in [1.54, 1.807) is 28.8 Å². The average Bonchev–Trinajstić information content (AvgIpc) is 3.31. The molecule has 0 spiro atoms. The van der Waals surface area contributed by atoms with Crippen LogP contribution >= 0.6 is 0 Å². The first kappa shape index (κ1) is 24.4. The molecule has 1 unspecified atom stereocenters. The van der Waals surface area contributed by atoms with Gasteiger partial charge in [-0.1, -0.05) is 51.1 Å². The van der Waals surface area contributed by atoms with Crippen LogP contribution in [0, 0.1) is 11.2 Å². The van der Waals surface area contributed by atoms with Crippen molar-refractivity contribution in [2.24, 2.45) is 5.41 Å². The fourth-order valence-corrected chi connectivity index (χ4v) is 4.30. The molecule has 184 valence electrons. The van der Waals surface area contributed by atoms with Crippen molar-refractivity contribution in [3.05, 3.63) is 65.6 Å². The van der Waals surface area contributed by atoms with Crippen LogP contribution < -0.4 is 10.6 Å². The SMILES string of the molecule is CN1CC(NC(=O)[C@@H](NC(=O)c2nn(Cc3ccc(F)cc3)c3ccccc23)C(C)(C)C)CC1=O. The third-order valence-corrected chi connectivity index (χ3v) is 6.21. The van der Waals surface area contributed by atoms with E-state index in [9.17, 15) is 18.8 Å². The normalized spacial score (nSPS) is 17.0. The lowest BCUT2D eigenvalue weighted by atomic mass is 9.85. The van der Waals surface area contributed by atoms with Crippen molar-refractivity contribution < 1.29 is 18.8 Å². The zero-order valence-corrected chi connectivity index (χ0v) is 20.3. The van der Waals surface area contributed by atoms with Gasteiger partial charge in [-0.25, -0.2) is 4.39 Å².